The van der Waals surface area contributed by atoms with E-state index in [2.05, 4.69) is 0 Å². The van der Waals surface area contributed by atoms with Gasteiger partial charge in [-0.05, 0) is 97.6 Å². The summed E-state index contributed by atoms with van der Waals surface area (Å²) < 4.78 is 0. The van der Waals surface area contributed by atoms with Crippen LogP contribution in [0, 0.1) is 10.8 Å². The Labute approximate surface area is 306 Å². The van der Waals surface area contributed by atoms with Crippen LogP contribution in [0.25, 0.3) is 0 Å². The Bertz CT molecular complexity index is 1010. The number of rotatable bonds is 4. The van der Waals surface area contributed by atoms with E-state index in [1.54, 1.807) is 0 Å². The molecule has 4 N–H and O–H groups in total. The first kappa shape index (κ1) is 40.4. The Morgan fingerprint density at radius 1 is 0.280 bits per heavy atom. The van der Waals surface area contributed by atoms with Crippen LogP contribution in [0.4, 0.5) is 0 Å². The maximum atomic E-state index is 10.3. The Morgan fingerprint density at radius 3 is 0.660 bits per heavy atom. The van der Waals surface area contributed by atoms with Crippen LogP contribution >= 0.6 is 0 Å². The lowest BCUT2D eigenvalue weighted by atomic mass is 9.70. The molecule has 0 unspecified atom stereocenters. The smallest absolute Gasteiger partial charge is 0.119 e. The second-order valence-electron chi connectivity index (χ2n) is 17.1. The van der Waals surface area contributed by atoms with Gasteiger partial charge in [0.15, 0.2) is 0 Å². The quantitative estimate of drug-likeness (QED) is 0.257. The second kappa shape index (κ2) is 22.5. The zero-order valence-electron chi connectivity index (χ0n) is 31.9. The molecule has 3 aliphatic rings. The number of fused-ring (bicyclic) bond motifs is 27. The molecule has 0 amide bonds. The molecule has 0 aromatic heterocycles. The minimum Gasteiger partial charge on any atom is -0.508 e. The van der Waals surface area contributed by atoms with Crippen LogP contribution < -0.4 is 0 Å². The summed E-state index contributed by atoms with van der Waals surface area (Å²) in [6.45, 7) is 0. The highest BCUT2D eigenvalue weighted by Crippen LogP contribution is 2.43. The Kier molecular flexibility index (Phi) is 18.2. The van der Waals surface area contributed by atoms with Crippen LogP contribution in [0.15, 0.2) is 36.4 Å². The molecule has 2 aromatic rings. The summed E-state index contributed by atoms with van der Waals surface area (Å²) in [5, 5.41) is 41.3. The zero-order valence-corrected chi connectivity index (χ0v) is 31.9. The molecule has 0 heterocycles. The van der Waals surface area contributed by atoms with E-state index in [9.17, 15) is 20.4 Å². The molecular weight excluding hydrogens is 617 g/mol. The summed E-state index contributed by atoms with van der Waals surface area (Å²) in [4.78, 5) is 0. The van der Waals surface area contributed by atoms with Gasteiger partial charge in [-0.2, -0.15) is 0 Å². The van der Waals surface area contributed by atoms with Crippen molar-refractivity contribution in [2.24, 2.45) is 10.8 Å². The first-order valence-corrected chi connectivity index (χ1v) is 21.4. The van der Waals surface area contributed by atoms with Crippen LogP contribution in [0.1, 0.15) is 204 Å². The van der Waals surface area contributed by atoms with Crippen LogP contribution in [0.3, 0.4) is 0 Å². The fourth-order valence-electron chi connectivity index (χ4n) is 9.85. The lowest BCUT2D eigenvalue weighted by Crippen LogP contribution is -2.24. The van der Waals surface area contributed by atoms with Crippen molar-refractivity contribution in [3.05, 3.63) is 47.5 Å². The van der Waals surface area contributed by atoms with Gasteiger partial charge in [-0.3, -0.25) is 0 Å². The highest BCUT2D eigenvalue weighted by molar-refractivity contribution is 5.38. The van der Waals surface area contributed by atoms with Crippen LogP contribution in [0.5, 0.6) is 23.0 Å². The SMILES string of the molecule is Oc1cc(O)cc(CC23CCCCCCCCCCC(Cc4cc(O)cc(O)c4)(CCCCCCCCCC2)CCCCCCCCCC3)c1. The fourth-order valence-corrected chi connectivity index (χ4v) is 9.85. The monoisotopic (exact) mass is 691 g/mol. The van der Waals surface area contributed by atoms with Crippen molar-refractivity contribution >= 4 is 0 Å². The number of hydrogen-bond donors (Lipinski definition) is 4. The minimum atomic E-state index is 0.190. The zero-order chi connectivity index (χ0) is 35.3. The fraction of sp³-hybridized carbons (Fsp3) is 0.739. The predicted octanol–water partition coefficient (Wildman–Crippen LogP) is 14.0. The summed E-state index contributed by atoms with van der Waals surface area (Å²) in [6.07, 6.45) is 41.1. The van der Waals surface area contributed by atoms with E-state index in [4.69, 9.17) is 0 Å². The van der Waals surface area contributed by atoms with Gasteiger partial charge in [-0.1, -0.05) is 154 Å². The van der Waals surface area contributed by atoms with E-state index in [-0.39, 0.29) is 33.8 Å². The third kappa shape index (κ3) is 15.5. The average Bonchev–Trinajstić information content (AvgIpc) is 3.05. The summed E-state index contributed by atoms with van der Waals surface area (Å²) >= 11 is 0. The van der Waals surface area contributed by atoms with Crippen LogP contribution in [-0.2, 0) is 12.8 Å². The molecule has 0 spiro atoms. The van der Waals surface area contributed by atoms with Gasteiger partial charge in [0.2, 0.25) is 0 Å². The largest absolute Gasteiger partial charge is 0.508 e. The maximum Gasteiger partial charge on any atom is 0.119 e. The average molecular weight is 691 g/mol. The number of phenols is 4. The molecular formula is C46H74O4. The van der Waals surface area contributed by atoms with Crippen molar-refractivity contribution < 1.29 is 20.4 Å². The van der Waals surface area contributed by atoms with E-state index in [0.717, 1.165) is 24.0 Å². The first-order chi connectivity index (χ1) is 24.4. The third-order valence-electron chi connectivity index (χ3n) is 12.6. The molecule has 2 aromatic carbocycles. The molecule has 0 radical (unpaired) electrons. The van der Waals surface area contributed by atoms with E-state index in [0.29, 0.717) is 0 Å². The topological polar surface area (TPSA) is 80.9 Å². The summed E-state index contributed by atoms with van der Waals surface area (Å²) in [5.74, 6) is 0.762. The summed E-state index contributed by atoms with van der Waals surface area (Å²) in [5.41, 5.74) is 2.74. The van der Waals surface area contributed by atoms with E-state index < -0.39 is 0 Å². The van der Waals surface area contributed by atoms with Gasteiger partial charge < -0.3 is 20.4 Å². The number of aromatic hydroxyl groups is 4. The van der Waals surface area contributed by atoms with Gasteiger partial charge in [0.1, 0.15) is 23.0 Å². The maximum absolute atomic E-state index is 10.3. The minimum absolute atomic E-state index is 0.190. The summed E-state index contributed by atoms with van der Waals surface area (Å²) in [6, 6.07) is 10.5. The van der Waals surface area contributed by atoms with Crippen molar-refractivity contribution in [3.63, 3.8) is 0 Å². The normalized spacial score (nSPS) is 25.8. The van der Waals surface area contributed by atoms with E-state index in [1.807, 2.05) is 24.3 Å². The van der Waals surface area contributed by atoms with Crippen molar-refractivity contribution in [3.8, 4) is 23.0 Å². The standard InChI is InChI=1S/C46H74O4/c47-41-31-39(32-42(48)35-41)37-45-25-19-13-7-1-2-8-14-20-26-46(38-40-33-43(49)36-44(50)34-40,29-23-17-11-5-3-9-15-21-27-45)30-24-18-12-6-4-10-16-22-28-45/h31-36,47-50H,1-30,37-38H2. The lowest BCUT2D eigenvalue weighted by Gasteiger charge is -2.35. The van der Waals surface area contributed by atoms with Crippen molar-refractivity contribution in [2.45, 2.75) is 205 Å². The lowest BCUT2D eigenvalue weighted by molar-refractivity contribution is 0.189. The second-order valence-corrected chi connectivity index (χ2v) is 17.1. The molecule has 4 nitrogen and oxygen atoms in total. The van der Waals surface area contributed by atoms with Gasteiger partial charge in [0.25, 0.3) is 0 Å². The molecule has 282 valence electrons. The summed E-state index contributed by atoms with van der Waals surface area (Å²) in [7, 11) is 0. The van der Waals surface area contributed by atoms with Crippen LogP contribution in [-0.4, -0.2) is 20.4 Å². The molecule has 2 bridgehead atoms. The number of phenolic OH excluding ortho intramolecular Hbond substituents is 4. The Balaban J connectivity index is 1.50. The molecule has 4 heteroatoms. The van der Waals surface area contributed by atoms with Crippen LogP contribution in [0.2, 0.25) is 0 Å². The molecule has 3 aliphatic carbocycles. The van der Waals surface area contributed by atoms with Gasteiger partial charge in [0.05, 0.1) is 0 Å². The molecule has 0 aliphatic heterocycles. The van der Waals surface area contributed by atoms with E-state index in [1.165, 1.54) is 205 Å². The highest BCUT2D eigenvalue weighted by Gasteiger charge is 2.31. The highest BCUT2D eigenvalue weighted by atomic mass is 16.3. The van der Waals surface area contributed by atoms with Crippen molar-refractivity contribution in [2.75, 3.05) is 0 Å². The van der Waals surface area contributed by atoms with Gasteiger partial charge in [0, 0.05) is 12.1 Å². The Hall–Kier alpha value is -2.36. The van der Waals surface area contributed by atoms with Gasteiger partial charge in [-0.25, -0.2) is 0 Å². The predicted molar refractivity (Wildman–Crippen MR) is 210 cm³/mol. The van der Waals surface area contributed by atoms with E-state index >= 15 is 0 Å². The number of hydrogen-bond acceptors (Lipinski definition) is 4. The molecule has 0 atom stereocenters. The molecule has 3 fully saturated rings. The third-order valence-corrected chi connectivity index (χ3v) is 12.6. The van der Waals surface area contributed by atoms with Gasteiger partial charge >= 0.3 is 0 Å². The molecule has 3 saturated carbocycles. The van der Waals surface area contributed by atoms with Crippen molar-refractivity contribution in [1.82, 2.24) is 0 Å². The number of benzene rings is 2. The Morgan fingerprint density at radius 2 is 0.460 bits per heavy atom. The molecule has 0 saturated heterocycles. The molecule has 50 heavy (non-hydrogen) atoms. The first-order valence-electron chi connectivity index (χ1n) is 21.4. The molecule has 5 rings (SSSR count). The van der Waals surface area contributed by atoms with Crippen molar-refractivity contribution in [1.29, 1.82) is 0 Å². The van der Waals surface area contributed by atoms with Gasteiger partial charge in [-0.15, -0.1) is 0 Å².